The minimum absolute atomic E-state index is 0.0796. The Morgan fingerprint density at radius 2 is 1.93 bits per heavy atom. The molecule has 0 saturated carbocycles. The number of hydrogen-bond donors (Lipinski definition) is 1. The van der Waals surface area contributed by atoms with Crippen LogP contribution in [0, 0.1) is 5.92 Å². The van der Waals surface area contributed by atoms with Gasteiger partial charge in [-0.15, -0.1) is 0 Å². The van der Waals surface area contributed by atoms with Gasteiger partial charge in [0.15, 0.2) is 0 Å². The Morgan fingerprint density at radius 1 is 1.17 bits per heavy atom. The van der Waals surface area contributed by atoms with Crippen LogP contribution in [0.1, 0.15) is 30.7 Å². The molecule has 6 nitrogen and oxygen atoms in total. The van der Waals surface area contributed by atoms with Crippen LogP contribution in [0.2, 0.25) is 0 Å². The zero-order valence-corrected chi connectivity index (χ0v) is 17.4. The van der Waals surface area contributed by atoms with Gasteiger partial charge in [0.1, 0.15) is 5.82 Å². The van der Waals surface area contributed by atoms with E-state index in [-0.39, 0.29) is 17.7 Å². The molecule has 3 aromatic rings. The van der Waals surface area contributed by atoms with Crippen molar-refractivity contribution in [1.29, 1.82) is 0 Å². The number of piperidine rings is 1. The summed E-state index contributed by atoms with van der Waals surface area (Å²) in [6.45, 7) is 1.65. The minimum Gasteiger partial charge on any atom is -0.342 e. The molecule has 1 saturated heterocycles. The first-order valence-electron chi connectivity index (χ1n) is 10.6. The number of aromatic nitrogens is 2. The van der Waals surface area contributed by atoms with Crippen LogP contribution in [-0.4, -0.2) is 51.7 Å². The number of benzene rings is 2. The average Bonchev–Trinajstić information content (AvgIpc) is 3.17. The molecule has 0 bridgehead atoms. The molecule has 1 fully saturated rings. The van der Waals surface area contributed by atoms with Crippen molar-refractivity contribution in [3.8, 4) is 0 Å². The summed E-state index contributed by atoms with van der Waals surface area (Å²) in [5.74, 6) is 0.871. The largest absolute Gasteiger partial charge is 0.342 e. The second kappa shape index (κ2) is 9.11. The molecule has 4 rings (SSSR count). The van der Waals surface area contributed by atoms with Gasteiger partial charge in [-0.1, -0.05) is 42.5 Å². The summed E-state index contributed by atoms with van der Waals surface area (Å²) >= 11 is 0. The van der Waals surface area contributed by atoms with Crippen LogP contribution in [0.15, 0.2) is 54.6 Å². The highest BCUT2D eigenvalue weighted by atomic mass is 16.2. The molecule has 156 valence electrons. The predicted molar refractivity (Wildman–Crippen MR) is 117 cm³/mol. The van der Waals surface area contributed by atoms with Gasteiger partial charge in [-0.3, -0.25) is 9.59 Å². The Balaban J connectivity index is 1.32. The van der Waals surface area contributed by atoms with Gasteiger partial charge >= 0.3 is 0 Å². The van der Waals surface area contributed by atoms with Crippen LogP contribution in [0.3, 0.4) is 0 Å². The minimum atomic E-state index is -0.145. The van der Waals surface area contributed by atoms with Crippen molar-refractivity contribution in [3.63, 3.8) is 0 Å². The van der Waals surface area contributed by atoms with E-state index in [0.717, 1.165) is 29.7 Å². The lowest BCUT2D eigenvalue weighted by atomic mass is 9.95. The number of nitrogens with zero attached hydrogens (tertiary/aromatic N) is 3. The third kappa shape index (κ3) is 4.70. The number of para-hydroxylation sites is 2. The quantitative estimate of drug-likeness (QED) is 0.656. The smallest absolute Gasteiger partial charge is 0.227 e. The molecule has 0 radical (unpaired) electrons. The van der Waals surface area contributed by atoms with Crippen molar-refractivity contribution in [2.45, 2.75) is 32.2 Å². The maximum Gasteiger partial charge on any atom is 0.227 e. The Labute approximate surface area is 176 Å². The Hall–Kier alpha value is -3.15. The van der Waals surface area contributed by atoms with E-state index in [2.05, 4.69) is 22.1 Å². The molecule has 1 aliphatic rings. The molecule has 6 heteroatoms. The fourth-order valence-corrected chi connectivity index (χ4v) is 4.15. The standard InChI is InChI=1S/C24H28N4O2/c1-27(17-22-25-20-11-5-6-12-21(20)26-22)24(30)19-13-14-23(29)28(16-19)15-7-10-18-8-3-2-4-9-18/h2-6,8-9,11-12,19H,7,10,13-17H2,1H3,(H,25,26)/t19-/m1/s1. The number of amides is 2. The Kier molecular flexibility index (Phi) is 6.12. The number of imidazole rings is 1. The molecule has 1 aromatic heterocycles. The molecule has 0 unspecified atom stereocenters. The van der Waals surface area contributed by atoms with E-state index < -0.39 is 0 Å². The summed E-state index contributed by atoms with van der Waals surface area (Å²) in [7, 11) is 1.81. The summed E-state index contributed by atoms with van der Waals surface area (Å²) in [6.07, 6.45) is 2.91. The zero-order valence-electron chi connectivity index (χ0n) is 17.4. The van der Waals surface area contributed by atoms with Gasteiger partial charge in [0.25, 0.3) is 0 Å². The van der Waals surface area contributed by atoms with Crippen LogP contribution in [-0.2, 0) is 22.6 Å². The van der Waals surface area contributed by atoms with E-state index in [1.54, 1.807) is 4.90 Å². The second-order valence-corrected chi connectivity index (χ2v) is 8.06. The topological polar surface area (TPSA) is 69.3 Å². The third-order valence-corrected chi connectivity index (χ3v) is 5.79. The summed E-state index contributed by atoms with van der Waals surface area (Å²) in [6, 6.07) is 18.1. The highest BCUT2D eigenvalue weighted by molar-refractivity contribution is 5.84. The molecule has 30 heavy (non-hydrogen) atoms. The van der Waals surface area contributed by atoms with Crippen molar-refractivity contribution in [2.24, 2.45) is 5.92 Å². The lowest BCUT2D eigenvalue weighted by Crippen LogP contribution is -2.46. The number of nitrogens with one attached hydrogen (secondary N) is 1. The molecule has 1 atom stereocenters. The lowest BCUT2D eigenvalue weighted by molar-refractivity contribution is -0.142. The van der Waals surface area contributed by atoms with Gasteiger partial charge in [-0.2, -0.15) is 0 Å². The molecule has 0 aliphatic carbocycles. The fourth-order valence-electron chi connectivity index (χ4n) is 4.15. The molecular formula is C24H28N4O2. The molecule has 1 aliphatic heterocycles. The highest BCUT2D eigenvalue weighted by Gasteiger charge is 2.31. The van der Waals surface area contributed by atoms with Crippen LogP contribution in [0.5, 0.6) is 0 Å². The summed E-state index contributed by atoms with van der Waals surface area (Å²) in [4.78, 5) is 36.8. The molecule has 0 spiro atoms. The molecule has 2 heterocycles. The fraction of sp³-hybridized carbons (Fsp3) is 0.375. The van der Waals surface area contributed by atoms with Crippen molar-refractivity contribution in [1.82, 2.24) is 19.8 Å². The first kappa shape index (κ1) is 20.1. The van der Waals surface area contributed by atoms with Gasteiger partial charge < -0.3 is 14.8 Å². The van der Waals surface area contributed by atoms with Crippen LogP contribution < -0.4 is 0 Å². The SMILES string of the molecule is CN(Cc1nc2ccccc2[nH]1)C(=O)[C@@H]1CCC(=O)N(CCCc2ccccc2)C1. The number of rotatable bonds is 7. The van der Waals surface area contributed by atoms with Crippen LogP contribution in [0.4, 0.5) is 0 Å². The number of H-pyrrole nitrogens is 1. The number of aromatic amines is 1. The first-order valence-corrected chi connectivity index (χ1v) is 10.6. The van der Waals surface area contributed by atoms with Crippen molar-refractivity contribution < 1.29 is 9.59 Å². The molecular weight excluding hydrogens is 376 g/mol. The van der Waals surface area contributed by atoms with E-state index in [1.807, 2.05) is 54.4 Å². The normalized spacial score (nSPS) is 16.8. The maximum atomic E-state index is 13.0. The van der Waals surface area contributed by atoms with E-state index in [1.165, 1.54) is 5.56 Å². The number of carbonyl (C=O) groups is 2. The number of carbonyl (C=O) groups excluding carboxylic acids is 2. The van der Waals surface area contributed by atoms with Gasteiger partial charge in [-0.25, -0.2) is 4.98 Å². The van der Waals surface area contributed by atoms with Crippen molar-refractivity contribution in [3.05, 3.63) is 66.0 Å². The molecule has 1 N–H and O–H groups in total. The number of likely N-dealkylation sites (tertiary alicyclic amines) is 1. The van der Waals surface area contributed by atoms with E-state index in [9.17, 15) is 9.59 Å². The zero-order chi connectivity index (χ0) is 20.9. The average molecular weight is 405 g/mol. The monoisotopic (exact) mass is 404 g/mol. The van der Waals surface area contributed by atoms with Gasteiger partial charge in [0.2, 0.25) is 11.8 Å². The van der Waals surface area contributed by atoms with E-state index in [4.69, 9.17) is 0 Å². The third-order valence-electron chi connectivity index (χ3n) is 5.79. The van der Waals surface area contributed by atoms with E-state index >= 15 is 0 Å². The highest BCUT2D eigenvalue weighted by Crippen LogP contribution is 2.21. The lowest BCUT2D eigenvalue weighted by Gasteiger charge is -2.33. The van der Waals surface area contributed by atoms with Gasteiger partial charge in [0.05, 0.1) is 23.5 Å². The molecule has 2 aromatic carbocycles. The van der Waals surface area contributed by atoms with Crippen molar-refractivity contribution >= 4 is 22.8 Å². The van der Waals surface area contributed by atoms with E-state index in [0.29, 0.717) is 32.5 Å². The predicted octanol–water partition coefficient (Wildman–Crippen LogP) is 3.39. The number of aryl methyl sites for hydroxylation is 1. The van der Waals surface area contributed by atoms with Gasteiger partial charge in [-0.05, 0) is 37.0 Å². The van der Waals surface area contributed by atoms with Gasteiger partial charge in [0, 0.05) is 26.6 Å². The van der Waals surface area contributed by atoms with Crippen LogP contribution in [0.25, 0.3) is 11.0 Å². The van der Waals surface area contributed by atoms with Crippen molar-refractivity contribution in [2.75, 3.05) is 20.1 Å². The maximum absolute atomic E-state index is 13.0. The molecule has 2 amide bonds. The number of hydrogen-bond acceptors (Lipinski definition) is 3. The summed E-state index contributed by atoms with van der Waals surface area (Å²) in [5, 5.41) is 0. The first-order chi connectivity index (χ1) is 14.6. The second-order valence-electron chi connectivity index (χ2n) is 8.06. The Bertz CT molecular complexity index is 981. The summed E-state index contributed by atoms with van der Waals surface area (Å²) in [5.41, 5.74) is 3.16. The van der Waals surface area contributed by atoms with Crippen LogP contribution >= 0.6 is 0 Å². The summed E-state index contributed by atoms with van der Waals surface area (Å²) < 4.78 is 0. The number of fused-ring (bicyclic) bond motifs is 1. The Morgan fingerprint density at radius 3 is 2.73 bits per heavy atom.